The molecule has 0 radical (unpaired) electrons. The number of halogens is 2. The molecule has 0 heterocycles. The predicted octanol–water partition coefficient (Wildman–Crippen LogP) is 3.73. The van der Waals surface area contributed by atoms with E-state index in [9.17, 15) is 14.0 Å². The maximum atomic E-state index is 13.5. The molecule has 2 amide bonds. The zero-order valence-electron chi connectivity index (χ0n) is 14.7. The van der Waals surface area contributed by atoms with E-state index in [4.69, 9.17) is 4.74 Å². The molecule has 2 aromatic rings. The number of rotatable bonds is 4. The molecule has 0 aliphatic rings. The van der Waals surface area contributed by atoms with Crippen LogP contribution in [-0.2, 0) is 10.2 Å². The first-order chi connectivity index (χ1) is 12.2. The first-order valence-corrected chi connectivity index (χ1v) is 8.74. The standard InChI is InChI=1S/C19H20BrFN2O3/c1-19(2,3)12-8-9-16(14(20)10-12)26-11-17(24)22-23-18(25)13-6-4-5-7-15(13)21/h4-10H,11H2,1-3H3,(H,22,24)(H,23,25). The lowest BCUT2D eigenvalue weighted by Gasteiger charge is -2.20. The number of amides is 2. The van der Waals surface area contributed by atoms with E-state index in [1.54, 1.807) is 6.07 Å². The Balaban J connectivity index is 1.87. The highest BCUT2D eigenvalue weighted by Crippen LogP contribution is 2.31. The van der Waals surface area contributed by atoms with Crippen LogP contribution in [0.15, 0.2) is 46.9 Å². The summed E-state index contributed by atoms with van der Waals surface area (Å²) in [5.41, 5.74) is 5.30. The minimum absolute atomic E-state index is 0.00455. The Kier molecular flexibility index (Phi) is 6.37. The molecule has 0 saturated carbocycles. The number of ether oxygens (including phenoxy) is 1. The fourth-order valence-corrected chi connectivity index (χ4v) is 2.60. The summed E-state index contributed by atoms with van der Waals surface area (Å²) < 4.78 is 19.7. The maximum Gasteiger partial charge on any atom is 0.276 e. The Morgan fingerprint density at radius 1 is 1.12 bits per heavy atom. The molecule has 138 valence electrons. The third kappa shape index (κ3) is 5.29. The number of hydrogen-bond donors (Lipinski definition) is 2. The molecule has 7 heteroatoms. The van der Waals surface area contributed by atoms with Crippen LogP contribution < -0.4 is 15.6 Å². The van der Waals surface area contributed by atoms with E-state index in [1.807, 2.05) is 12.1 Å². The molecular weight excluding hydrogens is 403 g/mol. The van der Waals surface area contributed by atoms with E-state index in [-0.39, 0.29) is 17.6 Å². The lowest BCUT2D eigenvalue weighted by molar-refractivity contribution is -0.123. The Bertz CT molecular complexity index is 819. The van der Waals surface area contributed by atoms with Crippen molar-refractivity contribution >= 4 is 27.7 Å². The monoisotopic (exact) mass is 422 g/mol. The highest BCUT2D eigenvalue weighted by molar-refractivity contribution is 9.10. The molecular formula is C19H20BrFN2O3. The summed E-state index contributed by atoms with van der Waals surface area (Å²) in [6, 6.07) is 11.1. The van der Waals surface area contributed by atoms with Gasteiger partial charge in [-0.05, 0) is 51.2 Å². The van der Waals surface area contributed by atoms with Gasteiger partial charge in [0.25, 0.3) is 11.8 Å². The van der Waals surface area contributed by atoms with E-state index < -0.39 is 17.6 Å². The van der Waals surface area contributed by atoms with Gasteiger partial charge >= 0.3 is 0 Å². The minimum atomic E-state index is -0.743. The van der Waals surface area contributed by atoms with E-state index in [2.05, 4.69) is 47.6 Å². The Morgan fingerprint density at radius 3 is 2.42 bits per heavy atom. The molecule has 2 N–H and O–H groups in total. The minimum Gasteiger partial charge on any atom is -0.483 e. The van der Waals surface area contributed by atoms with Gasteiger partial charge in [0.15, 0.2) is 6.61 Å². The van der Waals surface area contributed by atoms with Gasteiger partial charge in [-0.25, -0.2) is 4.39 Å². The van der Waals surface area contributed by atoms with Crippen LogP contribution in [0.25, 0.3) is 0 Å². The number of hydrogen-bond acceptors (Lipinski definition) is 3. The quantitative estimate of drug-likeness (QED) is 0.737. The summed E-state index contributed by atoms with van der Waals surface area (Å²) in [6.07, 6.45) is 0. The highest BCUT2D eigenvalue weighted by atomic mass is 79.9. The van der Waals surface area contributed by atoms with Gasteiger partial charge in [-0.3, -0.25) is 20.4 Å². The summed E-state index contributed by atoms with van der Waals surface area (Å²) in [5.74, 6) is -1.47. The summed E-state index contributed by atoms with van der Waals surface area (Å²) in [5, 5.41) is 0. The van der Waals surface area contributed by atoms with Crippen molar-refractivity contribution in [3.63, 3.8) is 0 Å². The molecule has 0 unspecified atom stereocenters. The molecule has 0 aliphatic heterocycles. The Labute approximate surface area is 160 Å². The highest BCUT2D eigenvalue weighted by Gasteiger charge is 2.16. The van der Waals surface area contributed by atoms with Gasteiger partial charge in [-0.2, -0.15) is 0 Å². The van der Waals surface area contributed by atoms with Crippen LogP contribution in [0.3, 0.4) is 0 Å². The van der Waals surface area contributed by atoms with Crippen molar-refractivity contribution in [1.29, 1.82) is 0 Å². The van der Waals surface area contributed by atoms with Crippen molar-refractivity contribution < 1.29 is 18.7 Å². The van der Waals surface area contributed by atoms with Crippen LogP contribution in [0.4, 0.5) is 4.39 Å². The fraction of sp³-hybridized carbons (Fsp3) is 0.263. The summed E-state index contributed by atoms with van der Waals surface area (Å²) in [6.45, 7) is 5.99. The van der Waals surface area contributed by atoms with Crippen molar-refractivity contribution in [2.75, 3.05) is 6.61 Å². The molecule has 0 atom stereocenters. The van der Waals surface area contributed by atoms with Gasteiger partial charge in [-0.15, -0.1) is 0 Å². The topological polar surface area (TPSA) is 67.4 Å². The lowest BCUT2D eigenvalue weighted by Crippen LogP contribution is -2.44. The van der Waals surface area contributed by atoms with Gasteiger partial charge in [-0.1, -0.05) is 39.0 Å². The van der Waals surface area contributed by atoms with Crippen molar-refractivity contribution in [3.8, 4) is 5.75 Å². The third-order valence-electron chi connectivity index (χ3n) is 3.59. The van der Waals surface area contributed by atoms with E-state index in [1.165, 1.54) is 24.3 Å². The van der Waals surface area contributed by atoms with Crippen molar-refractivity contribution in [2.45, 2.75) is 26.2 Å². The third-order valence-corrected chi connectivity index (χ3v) is 4.21. The number of carbonyl (C=O) groups excluding carboxylic acids is 2. The molecule has 2 rings (SSSR count). The fourth-order valence-electron chi connectivity index (χ4n) is 2.10. The molecule has 26 heavy (non-hydrogen) atoms. The molecule has 5 nitrogen and oxygen atoms in total. The molecule has 0 bridgehead atoms. The van der Waals surface area contributed by atoms with Gasteiger partial charge in [0, 0.05) is 0 Å². The predicted molar refractivity (Wildman–Crippen MR) is 100 cm³/mol. The second-order valence-electron chi connectivity index (χ2n) is 6.67. The van der Waals surface area contributed by atoms with Crippen LogP contribution >= 0.6 is 15.9 Å². The molecule has 0 aromatic heterocycles. The number of carbonyl (C=O) groups is 2. The van der Waals surface area contributed by atoms with E-state index in [0.717, 1.165) is 10.0 Å². The van der Waals surface area contributed by atoms with Crippen molar-refractivity contribution in [1.82, 2.24) is 10.9 Å². The summed E-state index contributed by atoms with van der Waals surface area (Å²) in [7, 11) is 0. The second-order valence-corrected chi connectivity index (χ2v) is 7.52. The van der Waals surface area contributed by atoms with Crippen LogP contribution in [0, 0.1) is 5.82 Å². The molecule has 0 aliphatic carbocycles. The van der Waals surface area contributed by atoms with Crippen LogP contribution in [-0.4, -0.2) is 18.4 Å². The average Bonchev–Trinajstić information content (AvgIpc) is 2.58. The van der Waals surface area contributed by atoms with Crippen LogP contribution in [0.5, 0.6) is 5.75 Å². The van der Waals surface area contributed by atoms with Gasteiger partial charge in [0.1, 0.15) is 11.6 Å². The SMILES string of the molecule is CC(C)(C)c1ccc(OCC(=O)NNC(=O)c2ccccc2F)c(Br)c1. The Hall–Kier alpha value is -2.41. The number of hydrazine groups is 1. The number of benzene rings is 2. The zero-order chi connectivity index (χ0) is 19.3. The molecule has 2 aromatic carbocycles. The summed E-state index contributed by atoms with van der Waals surface area (Å²) >= 11 is 3.42. The molecule has 0 spiro atoms. The van der Waals surface area contributed by atoms with Crippen LogP contribution in [0.2, 0.25) is 0 Å². The Morgan fingerprint density at radius 2 is 1.81 bits per heavy atom. The smallest absolute Gasteiger partial charge is 0.276 e. The summed E-state index contributed by atoms with van der Waals surface area (Å²) in [4.78, 5) is 23.6. The van der Waals surface area contributed by atoms with Gasteiger partial charge < -0.3 is 4.74 Å². The van der Waals surface area contributed by atoms with Crippen molar-refractivity contribution in [2.24, 2.45) is 0 Å². The molecule has 0 fully saturated rings. The normalized spacial score (nSPS) is 11.0. The zero-order valence-corrected chi connectivity index (χ0v) is 16.3. The average molecular weight is 423 g/mol. The largest absolute Gasteiger partial charge is 0.483 e. The van der Waals surface area contributed by atoms with Gasteiger partial charge in [0.05, 0.1) is 10.0 Å². The maximum absolute atomic E-state index is 13.5. The first-order valence-electron chi connectivity index (χ1n) is 7.95. The lowest BCUT2D eigenvalue weighted by atomic mass is 9.87. The van der Waals surface area contributed by atoms with Gasteiger partial charge in [0.2, 0.25) is 0 Å². The molecule has 0 saturated heterocycles. The van der Waals surface area contributed by atoms with E-state index >= 15 is 0 Å². The number of nitrogens with one attached hydrogen (secondary N) is 2. The van der Waals surface area contributed by atoms with E-state index in [0.29, 0.717) is 5.75 Å². The van der Waals surface area contributed by atoms with Crippen molar-refractivity contribution in [3.05, 3.63) is 63.9 Å². The van der Waals surface area contributed by atoms with Crippen LogP contribution in [0.1, 0.15) is 36.7 Å². The first kappa shape index (κ1) is 19.9. The second kappa shape index (κ2) is 8.31.